The highest BCUT2D eigenvalue weighted by molar-refractivity contribution is 5.78. The zero-order chi connectivity index (χ0) is 19.2. The Kier molecular flexibility index (Phi) is 6.05. The fraction of sp³-hybridized carbons (Fsp3) is 0.474. The number of aliphatic carboxylic acids is 1. The average molecular weight is 373 g/mol. The first-order valence-electron chi connectivity index (χ1n) is 9.04. The molecule has 1 aromatic carbocycles. The van der Waals surface area contributed by atoms with E-state index in [2.05, 4.69) is 10.1 Å². The first-order chi connectivity index (χ1) is 13.1. The summed E-state index contributed by atoms with van der Waals surface area (Å²) in [5.41, 5.74) is 0.829. The fourth-order valence-electron chi connectivity index (χ4n) is 3.17. The number of amides is 1. The lowest BCUT2D eigenvalue weighted by Gasteiger charge is -2.30. The SMILES string of the molecule is COc1ccc(-c2noc(CCCC(=O)N3CCC[C@H](C(=O)O)C3)n2)cc1. The van der Waals surface area contributed by atoms with E-state index in [9.17, 15) is 9.59 Å². The van der Waals surface area contributed by atoms with Gasteiger partial charge in [-0.05, 0) is 43.5 Å². The van der Waals surface area contributed by atoms with Gasteiger partial charge in [0.25, 0.3) is 0 Å². The van der Waals surface area contributed by atoms with Crippen molar-refractivity contribution in [3.63, 3.8) is 0 Å². The minimum absolute atomic E-state index is 0.0177. The molecule has 1 saturated heterocycles. The topological polar surface area (TPSA) is 106 Å². The van der Waals surface area contributed by atoms with E-state index in [4.69, 9.17) is 14.4 Å². The zero-order valence-corrected chi connectivity index (χ0v) is 15.3. The van der Waals surface area contributed by atoms with Crippen LogP contribution >= 0.6 is 0 Å². The number of hydrogen-bond donors (Lipinski definition) is 1. The summed E-state index contributed by atoms with van der Waals surface area (Å²) in [4.78, 5) is 29.4. The number of carbonyl (C=O) groups is 2. The molecule has 2 heterocycles. The highest BCUT2D eigenvalue weighted by atomic mass is 16.5. The summed E-state index contributed by atoms with van der Waals surface area (Å²) in [6.07, 6.45) is 2.79. The molecule has 144 valence electrons. The van der Waals surface area contributed by atoms with Gasteiger partial charge in [-0.2, -0.15) is 4.98 Å². The van der Waals surface area contributed by atoms with Crippen molar-refractivity contribution in [3.05, 3.63) is 30.2 Å². The van der Waals surface area contributed by atoms with E-state index in [1.165, 1.54) is 0 Å². The second-order valence-corrected chi connectivity index (χ2v) is 6.61. The largest absolute Gasteiger partial charge is 0.497 e. The molecule has 0 unspecified atom stereocenters. The molecule has 0 bridgehead atoms. The van der Waals surface area contributed by atoms with Gasteiger partial charge in [-0.3, -0.25) is 9.59 Å². The number of piperidine rings is 1. The van der Waals surface area contributed by atoms with Gasteiger partial charge in [-0.15, -0.1) is 0 Å². The molecule has 2 aromatic rings. The summed E-state index contributed by atoms with van der Waals surface area (Å²) in [5.74, 6) is 0.435. The number of methoxy groups -OCH3 is 1. The molecule has 1 aliphatic heterocycles. The van der Waals surface area contributed by atoms with Gasteiger partial charge < -0.3 is 19.3 Å². The third-order valence-corrected chi connectivity index (χ3v) is 4.72. The zero-order valence-electron chi connectivity index (χ0n) is 15.3. The van der Waals surface area contributed by atoms with Crippen LogP contribution in [0.3, 0.4) is 0 Å². The van der Waals surface area contributed by atoms with E-state index < -0.39 is 11.9 Å². The van der Waals surface area contributed by atoms with Crippen LogP contribution < -0.4 is 4.74 Å². The van der Waals surface area contributed by atoms with E-state index in [0.717, 1.165) is 17.7 Å². The molecule has 1 N–H and O–H groups in total. The van der Waals surface area contributed by atoms with Crippen molar-refractivity contribution in [3.8, 4) is 17.1 Å². The van der Waals surface area contributed by atoms with Gasteiger partial charge in [0.2, 0.25) is 17.6 Å². The number of likely N-dealkylation sites (tertiary alicyclic amines) is 1. The molecule has 1 aromatic heterocycles. The third-order valence-electron chi connectivity index (χ3n) is 4.72. The number of ether oxygens (including phenoxy) is 1. The van der Waals surface area contributed by atoms with Crippen molar-refractivity contribution in [1.29, 1.82) is 0 Å². The Bertz CT molecular complexity index is 787. The van der Waals surface area contributed by atoms with Crippen LogP contribution in [0.4, 0.5) is 0 Å². The number of aryl methyl sites for hydroxylation is 1. The summed E-state index contributed by atoms with van der Waals surface area (Å²) in [7, 11) is 1.61. The van der Waals surface area contributed by atoms with Crippen molar-refractivity contribution < 1.29 is 24.0 Å². The first-order valence-corrected chi connectivity index (χ1v) is 9.04. The van der Waals surface area contributed by atoms with E-state index >= 15 is 0 Å². The maximum Gasteiger partial charge on any atom is 0.308 e. The van der Waals surface area contributed by atoms with Crippen molar-refractivity contribution in [2.45, 2.75) is 32.1 Å². The second-order valence-electron chi connectivity index (χ2n) is 6.61. The van der Waals surface area contributed by atoms with Crippen LogP contribution in [-0.2, 0) is 16.0 Å². The molecule has 8 heteroatoms. The van der Waals surface area contributed by atoms with Gasteiger partial charge in [0.05, 0.1) is 13.0 Å². The lowest BCUT2D eigenvalue weighted by molar-refractivity contribution is -0.145. The number of nitrogens with zero attached hydrogens (tertiary/aromatic N) is 3. The molecule has 0 radical (unpaired) electrons. The lowest BCUT2D eigenvalue weighted by atomic mass is 9.98. The van der Waals surface area contributed by atoms with E-state index in [0.29, 0.717) is 50.5 Å². The smallest absolute Gasteiger partial charge is 0.308 e. The van der Waals surface area contributed by atoms with Crippen molar-refractivity contribution in [2.24, 2.45) is 5.92 Å². The monoisotopic (exact) mass is 373 g/mol. The summed E-state index contributed by atoms with van der Waals surface area (Å²) in [6, 6.07) is 7.36. The number of hydrogen-bond acceptors (Lipinski definition) is 6. The molecule has 0 spiro atoms. The summed E-state index contributed by atoms with van der Waals surface area (Å²) in [5, 5.41) is 13.1. The molecule has 1 fully saturated rings. The normalized spacial score (nSPS) is 16.9. The van der Waals surface area contributed by atoms with E-state index in [1.807, 2.05) is 24.3 Å². The standard InChI is InChI=1S/C19H23N3O5/c1-26-15-9-7-13(8-10-15)18-20-16(27-21-18)5-2-6-17(23)22-11-3-4-14(12-22)19(24)25/h7-10,14H,2-6,11-12H2,1H3,(H,24,25)/t14-/m0/s1. The average Bonchev–Trinajstić information content (AvgIpc) is 3.17. The highest BCUT2D eigenvalue weighted by Crippen LogP contribution is 2.21. The Morgan fingerprint density at radius 3 is 2.81 bits per heavy atom. The Hall–Kier alpha value is -2.90. The van der Waals surface area contributed by atoms with Crippen molar-refractivity contribution in [2.75, 3.05) is 20.2 Å². The number of carbonyl (C=O) groups excluding carboxylic acids is 1. The van der Waals surface area contributed by atoms with Gasteiger partial charge in [0, 0.05) is 31.5 Å². The maximum absolute atomic E-state index is 12.3. The molecule has 27 heavy (non-hydrogen) atoms. The third kappa shape index (κ3) is 4.84. The molecule has 1 atom stereocenters. The van der Waals surface area contributed by atoms with Gasteiger partial charge in [-0.25, -0.2) is 0 Å². The Morgan fingerprint density at radius 2 is 2.11 bits per heavy atom. The summed E-state index contributed by atoms with van der Waals surface area (Å²) in [6.45, 7) is 0.932. The molecule has 1 amide bonds. The maximum atomic E-state index is 12.3. The number of aromatic nitrogens is 2. The number of carboxylic acids is 1. The molecular weight excluding hydrogens is 350 g/mol. The van der Waals surface area contributed by atoms with E-state index in [1.54, 1.807) is 12.0 Å². The second kappa shape index (κ2) is 8.66. The van der Waals surface area contributed by atoms with Crippen LogP contribution in [0.25, 0.3) is 11.4 Å². The van der Waals surface area contributed by atoms with Crippen LogP contribution in [0.1, 0.15) is 31.6 Å². The van der Waals surface area contributed by atoms with Gasteiger partial charge in [0.1, 0.15) is 5.75 Å². The molecule has 8 nitrogen and oxygen atoms in total. The van der Waals surface area contributed by atoms with Crippen LogP contribution in [-0.4, -0.2) is 52.2 Å². The van der Waals surface area contributed by atoms with Crippen LogP contribution in [0.2, 0.25) is 0 Å². The molecule has 0 saturated carbocycles. The first kappa shape index (κ1) is 18.9. The van der Waals surface area contributed by atoms with Crippen molar-refractivity contribution >= 4 is 11.9 Å². The molecule has 3 rings (SSSR count). The lowest BCUT2D eigenvalue weighted by Crippen LogP contribution is -2.42. The highest BCUT2D eigenvalue weighted by Gasteiger charge is 2.27. The van der Waals surface area contributed by atoms with Crippen LogP contribution in [0.15, 0.2) is 28.8 Å². The number of benzene rings is 1. The van der Waals surface area contributed by atoms with Gasteiger partial charge in [-0.1, -0.05) is 5.16 Å². The minimum atomic E-state index is -0.829. The van der Waals surface area contributed by atoms with Crippen LogP contribution in [0.5, 0.6) is 5.75 Å². The van der Waals surface area contributed by atoms with E-state index in [-0.39, 0.29) is 5.91 Å². The number of rotatable bonds is 7. The Balaban J connectivity index is 1.48. The fourth-order valence-corrected chi connectivity index (χ4v) is 3.17. The Morgan fingerprint density at radius 1 is 1.33 bits per heavy atom. The summed E-state index contributed by atoms with van der Waals surface area (Å²) >= 11 is 0. The Labute approximate surface area is 157 Å². The quantitative estimate of drug-likeness (QED) is 0.794. The van der Waals surface area contributed by atoms with Gasteiger partial charge in [0.15, 0.2) is 0 Å². The molecule has 1 aliphatic rings. The van der Waals surface area contributed by atoms with Gasteiger partial charge >= 0.3 is 5.97 Å². The van der Waals surface area contributed by atoms with Crippen LogP contribution in [0, 0.1) is 5.92 Å². The van der Waals surface area contributed by atoms with Crippen molar-refractivity contribution in [1.82, 2.24) is 15.0 Å². The summed E-state index contributed by atoms with van der Waals surface area (Å²) < 4.78 is 10.4. The minimum Gasteiger partial charge on any atom is -0.497 e. The predicted molar refractivity (Wildman–Crippen MR) is 96.2 cm³/mol. The number of carboxylic acid groups (broad SMARTS) is 1. The molecule has 0 aliphatic carbocycles. The molecular formula is C19H23N3O5. The predicted octanol–water partition coefficient (Wildman–Crippen LogP) is 2.39.